The molecule has 0 unspecified atom stereocenters. The molecule has 264 valence electrons. The first-order chi connectivity index (χ1) is 28.3. The summed E-state index contributed by atoms with van der Waals surface area (Å²) in [6, 6.07) is 71.7. The largest absolute Gasteiger partial charge is 0.247 e. The second-order valence-electron chi connectivity index (χ2n) is 15.1. The van der Waals surface area contributed by atoms with Gasteiger partial charge in [-0.1, -0.05) is 182 Å². The molecule has 10 aromatic rings. The van der Waals surface area contributed by atoms with E-state index in [1.54, 1.807) is 0 Å². The monoisotopic (exact) mass is 723 g/mol. The third-order valence-electron chi connectivity index (χ3n) is 12.1. The molecular formula is C54H33N3. The molecule has 0 saturated heterocycles. The van der Waals surface area contributed by atoms with Gasteiger partial charge in [0.2, 0.25) is 0 Å². The molecule has 8 aromatic carbocycles. The molecule has 0 aliphatic heterocycles. The lowest BCUT2D eigenvalue weighted by Crippen LogP contribution is -2.26. The van der Waals surface area contributed by atoms with Crippen LogP contribution < -0.4 is 0 Å². The van der Waals surface area contributed by atoms with E-state index in [0.717, 1.165) is 61.2 Å². The lowest BCUT2D eigenvalue weighted by Gasteiger charge is -2.31. The Bertz CT molecular complexity index is 3140. The van der Waals surface area contributed by atoms with Gasteiger partial charge in [0.25, 0.3) is 0 Å². The van der Waals surface area contributed by atoms with Crippen LogP contribution in [0.4, 0.5) is 0 Å². The summed E-state index contributed by atoms with van der Waals surface area (Å²) in [5, 5.41) is 4.65. The van der Waals surface area contributed by atoms with E-state index in [4.69, 9.17) is 15.0 Å². The normalized spacial score (nSPS) is 13.1. The minimum atomic E-state index is -0.454. The third-order valence-corrected chi connectivity index (χ3v) is 12.1. The van der Waals surface area contributed by atoms with Crippen LogP contribution in [0.15, 0.2) is 200 Å². The zero-order valence-corrected chi connectivity index (χ0v) is 30.9. The van der Waals surface area contributed by atoms with Crippen LogP contribution in [0.3, 0.4) is 0 Å². The van der Waals surface area contributed by atoms with Crippen LogP contribution in [0, 0.1) is 0 Å². The Morgan fingerprint density at radius 3 is 1.40 bits per heavy atom. The summed E-state index contributed by atoms with van der Waals surface area (Å²) >= 11 is 0. The minimum Gasteiger partial charge on any atom is -0.247 e. The van der Waals surface area contributed by atoms with E-state index in [0.29, 0.717) is 5.82 Å². The molecule has 0 N–H and O–H groups in total. The van der Waals surface area contributed by atoms with Crippen molar-refractivity contribution in [3.8, 4) is 67.5 Å². The Balaban J connectivity index is 1.03. The highest BCUT2D eigenvalue weighted by Gasteiger charge is 2.53. The number of nitrogens with zero attached hydrogens (tertiary/aromatic N) is 3. The smallest absolute Gasteiger partial charge is 0.160 e. The quantitative estimate of drug-likeness (QED) is 0.181. The summed E-state index contributed by atoms with van der Waals surface area (Å²) in [6.45, 7) is 0. The molecule has 3 nitrogen and oxygen atoms in total. The summed E-state index contributed by atoms with van der Waals surface area (Å²) in [7, 11) is 0. The van der Waals surface area contributed by atoms with Gasteiger partial charge < -0.3 is 0 Å². The fourth-order valence-corrected chi connectivity index (χ4v) is 9.63. The van der Waals surface area contributed by atoms with Crippen molar-refractivity contribution in [1.82, 2.24) is 15.0 Å². The Kier molecular flexibility index (Phi) is 6.84. The van der Waals surface area contributed by atoms with Crippen molar-refractivity contribution >= 4 is 21.5 Å². The summed E-state index contributed by atoms with van der Waals surface area (Å²) in [5.41, 5.74) is 16.6. The molecule has 1 spiro atoms. The van der Waals surface area contributed by atoms with Gasteiger partial charge in [0.1, 0.15) is 0 Å². The van der Waals surface area contributed by atoms with E-state index >= 15 is 0 Å². The standard InChI is InChI=1S/C54H33N3/c1-3-15-34(16-4-1)48-33-49(35-17-5-2-6-18-35)56-53(55-48)39-30-28-36-31-38(29-27-37(36)32-39)51-43-22-8-7-21-42(43)50-52(57-51)44-23-11-14-26-47(44)54(50)45-24-12-9-19-40(45)41-20-10-13-25-46(41)54/h1-33H. The first-order valence-corrected chi connectivity index (χ1v) is 19.5. The number of benzene rings is 8. The molecular weight excluding hydrogens is 691 g/mol. The molecule has 2 aliphatic rings. The highest BCUT2D eigenvalue weighted by molar-refractivity contribution is 6.07. The third kappa shape index (κ3) is 4.63. The minimum absolute atomic E-state index is 0.454. The van der Waals surface area contributed by atoms with Crippen LogP contribution in [-0.4, -0.2) is 15.0 Å². The topological polar surface area (TPSA) is 38.7 Å². The van der Waals surface area contributed by atoms with Crippen LogP contribution in [0.5, 0.6) is 0 Å². The highest BCUT2D eigenvalue weighted by atomic mass is 14.9. The van der Waals surface area contributed by atoms with Crippen molar-refractivity contribution < 1.29 is 0 Å². The van der Waals surface area contributed by atoms with Crippen molar-refractivity contribution in [1.29, 1.82) is 0 Å². The van der Waals surface area contributed by atoms with Crippen LogP contribution in [-0.2, 0) is 5.41 Å². The first-order valence-electron chi connectivity index (χ1n) is 19.5. The van der Waals surface area contributed by atoms with Gasteiger partial charge in [0, 0.05) is 38.8 Å². The fourth-order valence-electron chi connectivity index (χ4n) is 9.63. The average Bonchev–Trinajstić information content (AvgIpc) is 3.76. The number of rotatable bonds is 4. The molecule has 2 heterocycles. The van der Waals surface area contributed by atoms with Gasteiger partial charge in [-0.15, -0.1) is 0 Å². The molecule has 0 bridgehead atoms. The van der Waals surface area contributed by atoms with E-state index in [1.807, 2.05) is 12.1 Å². The number of hydrogen-bond donors (Lipinski definition) is 0. The van der Waals surface area contributed by atoms with E-state index in [1.165, 1.54) is 44.3 Å². The van der Waals surface area contributed by atoms with Crippen molar-refractivity contribution in [2.24, 2.45) is 0 Å². The van der Waals surface area contributed by atoms with E-state index in [9.17, 15) is 0 Å². The summed E-state index contributed by atoms with van der Waals surface area (Å²) in [4.78, 5) is 15.9. The van der Waals surface area contributed by atoms with Gasteiger partial charge >= 0.3 is 0 Å². The maximum absolute atomic E-state index is 5.69. The Hall–Kier alpha value is -7.49. The lowest BCUT2D eigenvalue weighted by molar-refractivity contribution is 0.799. The molecule has 3 heteroatoms. The van der Waals surface area contributed by atoms with Crippen LogP contribution in [0.2, 0.25) is 0 Å². The average molecular weight is 724 g/mol. The van der Waals surface area contributed by atoms with Gasteiger partial charge in [-0.3, -0.25) is 0 Å². The SMILES string of the molecule is c1ccc(-c2cc(-c3ccccc3)nc(-c3ccc4cc(-c5nc6c(c7ccccc57)C5(c7ccccc7-c7ccccc75)c5ccccc5-6)ccc4c3)n2)cc1. The molecule has 0 atom stereocenters. The van der Waals surface area contributed by atoms with Gasteiger partial charge in [0.15, 0.2) is 5.82 Å². The van der Waals surface area contributed by atoms with E-state index in [2.05, 4.69) is 188 Å². The summed E-state index contributed by atoms with van der Waals surface area (Å²) < 4.78 is 0. The summed E-state index contributed by atoms with van der Waals surface area (Å²) in [6.07, 6.45) is 0. The molecule has 0 saturated carbocycles. The van der Waals surface area contributed by atoms with Crippen molar-refractivity contribution in [3.05, 3.63) is 222 Å². The number of hydrogen-bond acceptors (Lipinski definition) is 3. The Labute approximate surface area is 330 Å². The molecule has 0 fully saturated rings. The van der Waals surface area contributed by atoms with Gasteiger partial charge in [-0.25, -0.2) is 15.0 Å². The molecule has 2 aromatic heterocycles. The van der Waals surface area contributed by atoms with E-state index in [-0.39, 0.29) is 0 Å². The van der Waals surface area contributed by atoms with Crippen LogP contribution >= 0.6 is 0 Å². The first kappa shape index (κ1) is 31.8. The maximum Gasteiger partial charge on any atom is 0.160 e. The molecule has 0 amide bonds. The van der Waals surface area contributed by atoms with E-state index < -0.39 is 5.41 Å². The van der Waals surface area contributed by atoms with Crippen LogP contribution in [0.1, 0.15) is 22.3 Å². The lowest BCUT2D eigenvalue weighted by atomic mass is 9.69. The zero-order valence-electron chi connectivity index (χ0n) is 30.9. The number of fused-ring (bicyclic) bond motifs is 13. The number of pyridine rings is 1. The van der Waals surface area contributed by atoms with Crippen molar-refractivity contribution in [2.45, 2.75) is 5.41 Å². The molecule has 0 radical (unpaired) electrons. The van der Waals surface area contributed by atoms with Gasteiger partial charge in [-0.05, 0) is 62.2 Å². The van der Waals surface area contributed by atoms with Gasteiger partial charge in [-0.2, -0.15) is 0 Å². The Morgan fingerprint density at radius 2 is 0.789 bits per heavy atom. The predicted molar refractivity (Wildman–Crippen MR) is 233 cm³/mol. The molecule has 57 heavy (non-hydrogen) atoms. The predicted octanol–water partition coefficient (Wildman–Crippen LogP) is 13.2. The molecule has 2 aliphatic carbocycles. The Morgan fingerprint density at radius 1 is 0.316 bits per heavy atom. The highest BCUT2D eigenvalue weighted by Crippen LogP contribution is 2.64. The zero-order chi connectivity index (χ0) is 37.5. The van der Waals surface area contributed by atoms with Crippen LogP contribution in [0.25, 0.3) is 89.1 Å². The van der Waals surface area contributed by atoms with Crippen molar-refractivity contribution in [2.75, 3.05) is 0 Å². The second-order valence-corrected chi connectivity index (χ2v) is 15.1. The molecule has 12 rings (SSSR count). The fraction of sp³-hybridized carbons (Fsp3) is 0.0185. The second kappa shape index (κ2) is 12.3. The van der Waals surface area contributed by atoms with Gasteiger partial charge in [0.05, 0.1) is 28.2 Å². The maximum atomic E-state index is 5.69. The summed E-state index contributed by atoms with van der Waals surface area (Å²) in [5.74, 6) is 0.704. The number of aromatic nitrogens is 3. The van der Waals surface area contributed by atoms with Crippen molar-refractivity contribution in [3.63, 3.8) is 0 Å².